The predicted molar refractivity (Wildman–Crippen MR) is 123 cm³/mol. The molecule has 178 valence electrons. The van der Waals surface area contributed by atoms with E-state index in [9.17, 15) is 22.0 Å². The summed E-state index contributed by atoms with van der Waals surface area (Å²) in [5, 5.41) is -0.0277. The van der Waals surface area contributed by atoms with E-state index in [2.05, 4.69) is 16.8 Å². The van der Waals surface area contributed by atoms with Gasteiger partial charge in [0.05, 0.1) is 12.2 Å². The first kappa shape index (κ1) is 24.4. The van der Waals surface area contributed by atoms with Crippen molar-refractivity contribution in [2.75, 3.05) is 13.7 Å². The molecule has 1 aromatic heterocycles. The summed E-state index contributed by atoms with van der Waals surface area (Å²) in [6, 6.07) is 11.1. The quantitative estimate of drug-likeness (QED) is 0.183. The molecule has 1 heterocycles. The molecule has 4 rings (SSSR count). The molecule has 0 saturated heterocycles. The molecule has 0 N–H and O–H groups in total. The lowest BCUT2D eigenvalue weighted by atomic mass is 10.0. The molecule has 3 aromatic carbocycles. The highest BCUT2D eigenvalue weighted by atomic mass is 19.2. The van der Waals surface area contributed by atoms with Gasteiger partial charge < -0.3 is 4.74 Å². The van der Waals surface area contributed by atoms with E-state index in [0.29, 0.717) is 25.0 Å². The summed E-state index contributed by atoms with van der Waals surface area (Å²) in [5.74, 6) is -0.769. The number of pyridine rings is 1. The minimum atomic E-state index is -1.56. The third-order valence-electron chi connectivity index (χ3n) is 5.56. The second kappa shape index (κ2) is 10.7. The van der Waals surface area contributed by atoms with Gasteiger partial charge in [0.1, 0.15) is 11.6 Å². The number of hydrogen-bond donors (Lipinski definition) is 0. The monoisotopic (exact) mass is 481 g/mol. The van der Waals surface area contributed by atoms with E-state index in [1.54, 1.807) is 13.3 Å². The number of methoxy groups -OCH3 is 1. The van der Waals surface area contributed by atoms with E-state index in [1.807, 2.05) is 12.1 Å². The number of fused-ring (bicyclic) bond motifs is 1. The van der Waals surface area contributed by atoms with Gasteiger partial charge in [0.15, 0.2) is 17.5 Å². The average Bonchev–Trinajstić information content (AvgIpc) is 2.85. The van der Waals surface area contributed by atoms with Gasteiger partial charge in [-0.3, -0.25) is 4.98 Å². The van der Waals surface area contributed by atoms with Crippen LogP contribution in [0.2, 0.25) is 0 Å². The maximum absolute atomic E-state index is 14.6. The predicted octanol–water partition coefficient (Wildman–Crippen LogP) is 6.30. The molecular weight excluding hydrogens is 461 g/mol. The van der Waals surface area contributed by atoms with Crippen molar-refractivity contribution in [3.05, 3.63) is 112 Å². The number of halogens is 5. The molecule has 0 bridgehead atoms. The highest BCUT2D eigenvalue weighted by Gasteiger charge is 2.14. The molecule has 0 unspecified atom stereocenters. The van der Waals surface area contributed by atoms with E-state index in [1.165, 1.54) is 30.3 Å². The number of rotatable bonds is 6. The first-order valence-electron chi connectivity index (χ1n) is 10.9. The Labute approximate surface area is 199 Å². The van der Waals surface area contributed by atoms with Gasteiger partial charge >= 0.3 is 0 Å². The summed E-state index contributed by atoms with van der Waals surface area (Å²) in [6.07, 6.45) is 3.43. The van der Waals surface area contributed by atoms with Crippen LogP contribution in [-0.2, 0) is 24.0 Å². The van der Waals surface area contributed by atoms with E-state index < -0.39 is 34.6 Å². The summed E-state index contributed by atoms with van der Waals surface area (Å²) in [5.41, 5.74) is 2.18. The molecule has 0 aliphatic heterocycles. The SMILES string of the molecule is COCCc1ccc(CCc2cc(F)c(C#Cc3ccc4c(F)c(F)c(F)cc4c3)c(F)c2)nc1. The van der Waals surface area contributed by atoms with Crippen LogP contribution in [0.25, 0.3) is 10.8 Å². The first-order valence-corrected chi connectivity index (χ1v) is 10.9. The fourth-order valence-electron chi connectivity index (χ4n) is 3.65. The smallest absolute Gasteiger partial charge is 0.195 e. The molecule has 0 aliphatic rings. The summed E-state index contributed by atoms with van der Waals surface area (Å²) in [6.45, 7) is 0.604. The van der Waals surface area contributed by atoms with Crippen LogP contribution in [0, 0.1) is 40.9 Å². The Morgan fingerprint density at radius 3 is 2.20 bits per heavy atom. The Hall–Kier alpha value is -3.76. The lowest BCUT2D eigenvalue weighted by Gasteiger charge is -2.06. The van der Waals surface area contributed by atoms with Crippen LogP contribution in [0.5, 0.6) is 0 Å². The summed E-state index contributed by atoms with van der Waals surface area (Å²) in [4.78, 5) is 4.38. The maximum Gasteiger partial charge on any atom is 0.195 e. The van der Waals surface area contributed by atoms with Gasteiger partial charge in [-0.2, -0.15) is 0 Å². The molecule has 0 amide bonds. The van der Waals surface area contributed by atoms with Gasteiger partial charge in [0.25, 0.3) is 0 Å². The Kier molecular flexibility index (Phi) is 7.42. The number of benzene rings is 3. The third kappa shape index (κ3) is 5.67. The average molecular weight is 481 g/mol. The molecule has 0 atom stereocenters. The van der Waals surface area contributed by atoms with Crippen molar-refractivity contribution in [2.45, 2.75) is 19.3 Å². The second-order valence-corrected chi connectivity index (χ2v) is 8.01. The number of aromatic nitrogens is 1. The third-order valence-corrected chi connectivity index (χ3v) is 5.56. The van der Waals surface area contributed by atoms with Crippen LogP contribution >= 0.6 is 0 Å². The highest BCUT2D eigenvalue weighted by molar-refractivity contribution is 5.84. The topological polar surface area (TPSA) is 22.1 Å². The molecule has 2 nitrogen and oxygen atoms in total. The van der Waals surface area contributed by atoms with Crippen molar-refractivity contribution >= 4 is 10.8 Å². The summed E-state index contributed by atoms with van der Waals surface area (Å²) >= 11 is 0. The van der Waals surface area contributed by atoms with Crippen LogP contribution in [0.15, 0.2) is 54.7 Å². The molecular formula is C28H20F5NO. The van der Waals surface area contributed by atoms with Crippen LogP contribution in [-0.4, -0.2) is 18.7 Å². The molecule has 0 aliphatic carbocycles. The fraction of sp³-hybridized carbons (Fsp3) is 0.179. The van der Waals surface area contributed by atoms with Gasteiger partial charge in [-0.25, -0.2) is 22.0 Å². The molecule has 7 heteroatoms. The standard InChI is InChI=1S/C28H20F5NO/c1-35-11-10-18-2-6-21(34-16-18)7-3-19-13-24(29)23(25(30)14-19)9-5-17-4-8-22-20(12-17)15-26(31)28(33)27(22)32/h2,4,6,8,12-16H,3,7,10-11H2,1H3. The zero-order chi connectivity index (χ0) is 24.9. The van der Waals surface area contributed by atoms with Crippen molar-refractivity contribution in [3.63, 3.8) is 0 Å². The number of aryl methyl sites for hydroxylation is 2. The van der Waals surface area contributed by atoms with Crippen molar-refractivity contribution in [1.29, 1.82) is 0 Å². The van der Waals surface area contributed by atoms with Gasteiger partial charge in [0.2, 0.25) is 0 Å². The van der Waals surface area contributed by atoms with Gasteiger partial charge in [-0.15, -0.1) is 0 Å². The van der Waals surface area contributed by atoms with Crippen LogP contribution in [0.3, 0.4) is 0 Å². The Bertz CT molecular complexity index is 1420. The van der Waals surface area contributed by atoms with E-state index >= 15 is 0 Å². The largest absolute Gasteiger partial charge is 0.384 e. The normalized spacial score (nSPS) is 10.9. The van der Waals surface area contributed by atoms with Crippen LogP contribution < -0.4 is 0 Å². The van der Waals surface area contributed by atoms with Crippen molar-refractivity contribution in [1.82, 2.24) is 4.98 Å². The van der Waals surface area contributed by atoms with E-state index in [0.717, 1.165) is 23.7 Å². The zero-order valence-corrected chi connectivity index (χ0v) is 18.8. The highest BCUT2D eigenvalue weighted by Crippen LogP contribution is 2.24. The maximum atomic E-state index is 14.6. The summed E-state index contributed by atoms with van der Waals surface area (Å²) in [7, 11) is 1.63. The van der Waals surface area contributed by atoms with Crippen molar-refractivity contribution in [2.24, 2.45) is 0 Å². The molecule has 0 spiro atoms. The molecule has 0 saturated carbocycles. The second-order valence-electron chi connectivity index (χ2n) is 8.01. The van der Waals surface area contributed by atoms with E-state index in [-0.39, 0.29) is 16.3 Å². The Balaban J connectivity index is 1.49. The molecule has 0 radical (unpaired) electrons. The minimum absolute atomic E-state index is 0.0878. The van der Waals surface area contributed by atoms with E-state index in [4.69, 9.17) is 4.74 Å². The molecule has 0 fully saturated rings. The lowest BCUT2D eigenvalue weighted by molar-refractivity contribution is 0.202. The Morgan fingerprint density at radius 2 is 1.51 bits per heavy atom. The number of hydrogen-bond acceptors (Lipinski definition) is 2. The zero-order valence-electron chi connectivity index (χ0n) is 18.8. The molecule has 4 aromatic rings. The Morgan fingerprint density at radius 1 is 0.743 bits per heavy atom. The molecule has 35 heavy (non-hydrogen) atoms. The number of nitrogens with zero attached hydrogens (tertiary/aromatic N) is 1. The van der Waals surface area contributed by atoms with Crippen molar-refractivity contribution < 1.29 is 26.7 Å². The first-order chi connectivity index (χ1) is 16.9. The van der Waals surface area contributed by atoms with Gasteiger partial charge in [-0.1, -0.05) is 24.0 Å². The van der Waals surface area contributed by atoms with Gasteiger partial charge in [0, 0.05) is 30.0 Å². The minimum Gasteiger partial charge on any atom is -0.384 e. The number of ether oxygens (including phenoxy) is 1. The van der Waals surface area contributed by atoms with Crippen molar-refractivity contribution in [3.8, 4) is 11.8 Å². The van der Waals surface area contributed by atoms with Crippen LogP contribution in [0.4, 0.5) is 22.0 Å². The lowest BCUT2D eigenvalue weighted by Crippen LogP contribution is -2.00. The van der Waals surface area contributed by atoms with Gasteiger partial charge in [-0.05, 0) is 72.2 Å². The summed E-state index contributed by atoms with van der Waals surface area (Å²) < 4.78 is 75.0. The fourth-order valence-corrected chi connectivity index (χ4v) is 3.65. The van der Waals surface area contributed by atoms with Crippen LogP contribution in [0.1, 0.15) is 27.9 Å².